The third-order valence-electron chi connectivity index (χ3n) is 2.58. The maximum atomic E-state index is 13.3. The fourth-order valence-electron chi connectivity index (χ4n) is 1.42. The van der Waals surface area contributed by atoms with Gasteiger partial charge in [0.25, 0.3) is 0 Å². The molecule has 2 N–H and O–H groups in total. The van der Waals surface area contributed by atoms with Crippen LogP contribution in [0.5, 0.6) is 5.75 Å². The van der Waals surface area contributed by atoms with Crippen LogP contribution in [0.2, 0.25) is 5.02 Å². The van der Waals surface area contributed by atoms with Crippen LogP contribution >= 0.6 is 11.6 Å². The van der Waals surface area contributed by atoms with Gasteiger partial charge in [-0.3, -0.25) is 0 Å². The summed E-state index contributed by atoms with van der Waals surface area (Å²) in [6, 6.07) is 3.09. The SMILES string of the molecule is COc1cc(C2(N)CC2)cc(F)c1Cl. The quantitative estimate of drug-likeness (QED) is 0.823. The van der Waals surface area contributed by atoms with E-state index in [9.17, 15) is 4.39 Å². The van der Waals surface area contributed by atoms with Crippen molar-refractivity contribution in [1.82, 2.24) is 0 Å². The molecule has 0 heterocycles. The second kappa shape index (κ2) is 3.11. The van der Waals surface area contributed by atoms with Gasteiger partial charge in [0.2, 0.25) is 0 Å². The van der Waals surface area contributed by atoms with Crippen molar-refractivity contribution in [3.8, 4) is 5.75 Å². The van der Waals surface area contributed by atoms with Gasteiger partial charge in [0, 0.05) is 5.54 Å². The molecule has 0 aliphatic heterocycles. The van der Waals surface area contributed by atoms with Crippen molar-refractivity contribution in [2.45, 2.75) is 18.4 Å². The van der Waals surface area contributed by atoms with Crippen LogP contribution in [0.15, 0.2) is 12.1 Å². The lowest BCUT2D eigenvalue weighted by atomic mass is 10.1. The van der Waals surface area contributed by atoms with Gasteiger partial charge in [-0.25, -0.2) is 4.39 Å². The molecule has 1 aromatic carbocycles. The summed E-state index contributed by atoms with van der Waals surface area (Å²) in [6.07, 6.45) is 1.77. The third-order valence-corrected chi connectivity index (χ3v) is 2.95. The summed E-state index contributed by atoms with van der Waals surface area (Å²) in [6.45, 7) is 0. The predicted molar refractivity (Wildman–Crippen MR) is 53.1 cm³/mol. The van der Waals surface area contributed by atoms with Crippen LogP contribution in [0.25, 0.3) is 0 Å². The standard InChI is InChI=1S/C10H11ClFNO/c1-14-8-5-6(10(13)2-3-10)4-7(12)9(8)11/h4-5H,2-3,13H2,1H3. The van der Waals surface area contributed by atoms with Crippen molar-refractivity contribution in [2.24, 2.45) is 5.73 Å². The molecule has 0 bridgehead atoms. The first-order valence-electron chi connectivity index (χ1n) is 4.39. The van der Waals surface area contributed by atoms with Crippen molar-refractivity contribution in [2.75, 3.05) is 7.11 Å². The van der Waals surface area contributed by atoms with E-state index in [1.54, 1.807) is 6.07 Å². The minimum absolute atomic E-state index is 0.0144. The van der Waals surface area contributed by atoms with Crippen LogP contribution in [0.4, 0.5) is 4.39 Å². The van der Waals surface area contributed by atoms with Crippen LogP contribution in [-0.4, -0.2) is 7.11 Å². The lowest BCUT2D eigenvalue weighted by molar-refractivity contribution is 0.410. The molecular formula is C10H11ClFNO. The van der Waals surface area contributed by atoms with E-state index in [0.29, 0.717) is 5.75 Å². The van der Waals surface area contributed by atoms with Gasteiger partial charge in [-0.2, -0.15) is 0 Å². The Morgan fingerprint density at radius 2 is 2.14 bits per heavy atom. The summed E-state index contributed by atoms with van der Waals surface area (Å²) in [5.41, 5.74) is 6.34. The fourth-order valence-corrected chi connectivity index (χ4v) is 1.61. The molecule has 2 rings (SSSR count). The highest BCUT2D eigenvalue weighted by molar-refractivity contribution is 6.32. The first-order chi connectivity index (χ1) is 6.57. The molecule has 2 nitrogen and oxygen atoms in total. The van der Waals surface area contributed by atoms with Crippen molar-refractivity contribution in [3.05, 3.63) is 28.5 Å². The summed E-state index contributed by atoms with van der Waals surface area (Å²) in [5, 5.41) is 0.0144. The second-order valence-electron chi connectivity index (χ2n) is 3.63. The minimum atomic E-state index is -0.474. The van der Waals surface area contributed by atoms with E-state index in [0.717, 1.165) is 18.4 Å². The maximum absolute atomic E-state index is 13.3. The number of benzene rings is 1. The molecular weight excluding hydrogens is 205 g/mol. The van der Waals surface area contributed by atoms with E-state index >= 15 is 0 Å². The van der Waals surface area contributed by atoms with Gasteiger partial charge >= 0.3 is 0 Å². The van der Waals surface area contributed by atoms with Gasteiger partial charge in [0.05, 0.1) is 7.11 Å². The lowest BCUT2D eigenvalue weighted by Gasteiger charge is -2.12. The lowest BCUT2D eigenvalue weighted by Crippen LogP contribution is -2.19. The van der Waals surface area contributed by atoms with Gasteiger partial charge in [-0.05, 0) is 30.5 Å². The monoisotopic (exact) mass is 215 g/mol. The van der Waals surface area contributed by atoms with Crippen molar-refractivity contribution < 1.29 is 9.13 Å². The molecule has 1 saturated carbocycles. The number of nitrogens with two attached hydrogens (primary N) is 1. The van der Waals surface area contributed by atoms with E-state index in [1.165, 1.54) is 13.2 Å². The molecule has 4 heteroatoms. The Labute approximate surface area is 86.8 Å². The van der Waals surface area contributed by atoms with Gasteiger partial charge in [0.15, 0.2) is 0 Å². The molecule has 0 spiro atoms. The normalized spacial score (nSPS) is 18.0. The molecule has 0 radical (unpaired) electrons. The number of ether oxygens (including phenoxy) is 1. The van der Waals surface area contributed by atoms with Crippen LogP contribution in [0.3, 0.4) is 0 Å². The zero-order valence-corrected chi connectivity index (χ0v) is 8.57. The Morgan fingerprint density at radius 3 is 2.64 bits per heavy atom. The molecule has 0 saturated heterocycles. The summed E-state index contributed by atoms with van der Waals surface area (Å²) in [7, 11) is 1.46. The first kappa shape index (κ1) is 9.74. The Morgan fingerprint density at radius 1 is 1.50 bits per heavy atom. The highest BCUT2D eigenvalue weighted by Gasteiger charge is 2.40. The van der Waals surface area contributed by atoms with E-state index in [-0.39, 0.29) is 10.6 Å². The predicted octanol–water partition coefficient (Wildman–Crippen LogP) is 2.44. The van der Waals surface area contributed by atoms with E-state index in [4.69, 9.17) is 22.1 Å². The average molecular weight is 216 g/mol. The summed E-state index contributed by atoms with van der Waals surface area (Å²) in [5.74, 6) is -0.129. The van der Waals surface area contributed by atoms with Crippen LogP contribution in [0.1, 0.15) is 18.4 Å². The van der Waals surface area contributed by atoms with Gasteiger partial charge in [0.1, 0.15) is 16.6 Å². The topological polar surface area (TPSA) is 35.2 Å². The Balaban J connectivity index is 2.48. The van der Waals surface area contributed by atoms with Crippen molar-refractivity contribution in [1.29, 1.82) is 0 Å². The molecule has 0 atom stereocenters. The van der Waals surface area contributed by atoms with Crippen molar-refractivity contribution in [3.63, 3.8) is 0 Å². The zero-order chi connectivity index (χ0) is 10.3. The van der Waals surface area contributed by atoms with Gasteiger partial charge in [-0.1, -0.05) is 11.6 Å². The van der Waals surface area contributed by atoms with Gasteiger partial charge < -0.3 is 10.5 Å². The number of hydrogen-bond acceptors (Lipinski definition) is 2. The molecule has 0 amide bonds. The summed E-state index contributed by atoms with van der Waals surface area (Å²) >= 11 is 5.70. The molecule has 14 heavy (non-hydrogen) atoms. The summed E-state index contributed by atoms with van der Waals surface area (Å²) < 4.78 is 18.3. The molecule has 1 aliphatic carbocycles. The maximum Gasteiger partial charge on any atom is 0.145 e. The highest BCUT2D eigenvalue weighted by Crippen LogP contribution is 2.45. The molecule has 1 aliphatic rings. The fraction of sp³-hybridized carbons (Fsp3) is 0.400. The van der Waals surface area contributed by atoms with Crippen LogP contribution in [-0.2, 0) is 5.54 Å². The largest absolute Gasteiger partial charge is 0.495 e. The number of methoxy groups -OCH3 is 1. The Hall–Kier alpha value is -0.800. The Bertz CT molecular complexity index is 377. The summed E-state index contributed by atoms with van der Waals surface area (Å²) in [4.78, 5) is 0. The van der Waals surface area contributed by atoms with Crippen LogP contribution in [0, 0.1) is 5.82 Å². The number of hydrogen-bond donors (Lipinski definition) is 1. The molecule has 0 aromatic heterocycles. The number of rotatable bonds is 2. The third kappa shape index (κ3) is 1.47. The number of halogens is 2. The second-order valence-corrected chi connectivity index (χ2v) is 4.01. The Kier molecular flexibility index (Phi) is 2.16. The first-order valence-corrected chi connectivity index (χ1v) is 4.77. The minimum Gasteiger partial charge on any atom is -0.495 e. The molecule has 0 unspecified atom stereocenters. The smallest absolute Gasteiger partial charge is 0.145 e. The zero-order valence-electron chi connectivity index (χ0n) is 7.81. The highest BCUT2D eigenvalue weighted by atomic mass is 35.5. The molecule has 76 valence electrons. The molecule has 1 aromatic rings. The van der Waals surface area contributed by atoms with Gasteiger partial charge in [-0.15, -0.1) is 0 Å². The van der Waals surface area contributed by atoms with E-state index < -0.39 is 5.82 Å². The van der Waals surface area contributed by atoms with Crippen molar-refractivity contribution >= 4 is 11.6 Å². The van der Waals surface area contributed by atoms with E-state index in [1.807, 2.05) is 0 Å². The van der Waals surface area contributed by atoms with Crippen LogP contribution < -0.4 is 10.5 Å². The average Bonchev–Trinajstić information content (AvgIpc) is 2.89. The molecule has 1 fully saturated rings. The van der Waals surface area contributed by atoms with E-state index in [2.05, 4.69) is 0 Å².